The largest absolute Gasteiger partial charge is 0.396 e. The van der Waals surface area contributed by atoms with E-state index in [4.69, 9.17) is 0 Å². The number of allylic oxidation sites excluding steroid dienone is 1. The van der Waals surface area contributed by atoms with Crippen molar-refractivity contribution in [1.82, 2.24) is 14.5 Å². The number of hydrogen-bond donors (Lipinski definition) is 2. The number of rotatable bonds is 7. The molecule has 166 valence electrons. The van der Waals surface area contributed by atoms with Crippen LogP contribution in [-0.4, -0.2) is 56.3 Å². The number of amides is 2. The Morgan fingerprint density at radius 3 is 2.81 bits per heavy atom. The predicted octanol–water partition coefficient (Wildman–Crippen LogP) is 3.78. The van der Waals surface area contributed by atoms with Gasteiger partial charge in [0.25, 0.3) is 5.91 Å². The third kappa shape index (κ3) is 4.80. The first-order valence-corrected chi connectivity index (χ1v) is 12.0. The van der Waals surface area contributed by atoms with Crippen LogP contribution in [0, 0.1) is 0 Å². The van der Waals surface area contributed by atoms with E-state index in [1.807, 2.05) is 46.2 Å². The Morgan fingerprint density at radius 2 is 2.10 bits per heavy atom. The third-order valence-electron chi connectivity index (χ3n) is 6.19. The van der Waals surface area contributed by atoms with E-state index in [1.54, 1.807) is 0 Å². The van der Waals surface area contributed by atoms with Gasteiger partial charge in [0.15, 0.2) is 0 Å². The average molecular weight is 443 g/mol. The normalized spacial score (nSPS) is 19.1. The van der Waals surface area contributed by atoms with Crippen LogP contribution < -0.4 is 5.32 Å². The number of imidazole rings is 1. The summed E-state index contributed by atoms with van der Waals surface area (Å²) in [5, 5.41) is 14.0. The van der Waals surface area contributed by atoms with Gasteiger partial charge < -0.3 is 14.6 Å². The molecule has 2 amide bonds. The molecule has 1 atom stereocenters. The summed E-state index contributed by atoms with van der Waals surface area (Å²) in [6, 6.07) is 5.84. The number of anilines is 1. The molecule has 2 N–H and O–H groups in total. The molecule has 0 spiro atoms. The zero-order valence-electron chi connectivity index (χ0n) is 17.9. The first-order valence-electron chi connectivity index (χ1n) is 11.1. The van der Waals surface area contributed by atoms with Crippen molar-refractivity contribution in [3.63, 3.8) is 0 Å². The Kier molecular flexibility index (Phi) is 6.97. The number of carbonyl (C=O) groups is 2. The number of nitrogens with zero attached hydrogens (tertiary/aromatic N) is 3. The van der Waals surface area contributed by atoms with Gasteiger partial charge in [0.1, 0.15) is 0 Å². The van der Waals surface area contributed by atoms with Gasteiger partial charge in [0.05, 0.1) is 16.3 Å². The number of aliphatic hydroxyl groups excluding tert-OH is 1. The first-order chi connectivity index (χ1) is 15.1. The van der Waals surface area contributed by atoms with E-state index in [-0.39, 0.29) is 23.7 Å². The second kappa shape index (κ2) is 9.87. The molecular weight excluding hydrogens is 412 g/mol. The van der Waals surface area contributed by atoms with E-state index < -0.39 is 0 Å². The van der Waals surface area contributed by atoms with Gasteiger partial charge in [-0.05, 0) is 49.3 Å². The van der Waals surface area contributed by atoms with Gasteiger partial charge >= 0.3 is 0 Å². The summed E-state index contributed by atoms with van der Waals surface area (Å²) < 4.78 is 1.91. The van der Waals surface area contributed by atoms with Gasteiger partial charge in [0.2, 0.25) is 11.9 Å². The van der Waals surface area contributed by atoms with E-state index in [1.165, 1.54) is 31.0 Å². The van der Waals surface area contributed by atoms with Gasteiger partial charge in [-0.15, -0.1) is 11.8 Å². The Labute approximate surface area is 186 Å². The Balaban J connectivity index is 1.59. The van der Waals surface area contributed by atoms with Crippen molar-refractivity contribution in [2.24, 2.45) is 0 Å². The van der Waals surface area contributed by atoms with Gasteiger partial charge in [-0.2, -0.15) is 0 Å². The molecule has 7 nitrogen and oxygen atoms in total. The topological polar surface area (TPSA) is 87.5 Å². The van der Waals surface area contributed by atoms with Crippen molar-refractivity contribution in [1.29, 1.82) is 0 Å². The molecule has 2 aliphatic rings. The number of nitrogens with one attached hydrogen (secondary N) is 1. The number of aliphatic hydroxyl groups is 1. The van der Waals surface area contributed by atoms with Crippen LogP contribution in [0.1, 0.15) is 55.3 Å². The fourth-order valence-electron chi connectivity index (χ4n) is 4.40. The van der Waals surface area contributed by atoms with Crippen LogP contribution in [0.25, 0.3) is 11.0 Å². The summed E-state index contributed by atoms with van der Waals surface area (Å²) >= 11 is 1.50. The summed E-state index contributed by atoms with van der Waals surface area (Å²) in [6.45, 7) is 0.589. The minimum atomic E-state index is -0.146. The molecule has 0 saturated heterocycles. The van der Waals surface area contributed by atoms with Crippen molar-refractivity contribution >= 4 is 40.6 Å². The maximum atomic E-state index is 13.1. The Hall–Kier alpha value is -2.32. The molecule has 1 aromatic heterocycles. The molecule has 1 fully saturated rings. The molecule has 0 bridgehead atoms. The molecule has 1 aliphatic carbocycles. The molecule has 0 radical (unpaired) electrons. The Bertz CT molecular complexity index is 973. The number of fused-ring (bicyclic) bond motifs is 1. The van der Waals surface area contributed by atoms with E-state index >= 15 is 0 Å². The van der Waals surface area contributed by atoms with Crippen molar-refractivity contribution < 1.29 is 14.7 Å². The van der Waals surface area contributed by atoms with Crippen LogP contribution >= 0.6 is 11.8 Å². The van der Waals surface area contributed by atoms with Crippen LogP contribution in [0.4, 0.5) is 5.95 Å². The predicted molar refractivity (Wildman–Crippen MR) is 124 cm³/mol. The highest BCUT2D eigenvalue weighted by atomic mass is 32.2. The zero-order valence-corrected chi connectivity index (χ0v) is 18.7. The van der Waals surface area contributed by atoms with Crippen molar-refractivity contribution in [2.75, 3.05) is 19.0 Å². The summed E-state index contributed by atoms with van der Waals surface area (Å²) in [4.78, 5) is 32.2. The highest BCUT2D eigenvalue weighted by Gasteiger charge is 2.25. The second-order valence-electron chi connectivity index (χ2n) is 8.30. The molecule has 2 aromatic rings. The monoisotopic (exact) mass is 442 g/mol. The minimum Gasteiger partial charge on any atom is -0.396 e. The number of benzene rings is 1. The first kappa shape index (κ1) is 21.9. The second-order valence-corrected chi connectivity index (χ2v) is 9.41. The van der Waals surface area contributed by atoms with E-state index in [9.17, 15) is 14.7 Å². The van der Waals surface area contributed by atoms with Crippen molar-refractivity contribution in [3.05, 3.63) is 35.2 Å². The summed E-state index contributed by atoms with van der Waals surface area (Å²) in [5.41, 5.74) is 2.13. The van der Waals surface area contributed by atoms with Gasteiger partial charge in [0, 0.05) is 31.8 Å². The number of carbonyl (C=O) groups excluding carboxylic acids is 2. The third-order valence-corrected chi connectivity index (χ3v) is 7.28. The number of thioether (sulfide) groups is 1. The minimum absolute atomic E-state index is 0.0118. The van der Waals surface area contributed by atoms with Crippen LogP contribution in [0.5, 0.6) is 0 Å². The molecule has 1 aromatic carbocycles. The number of aryl methyl sites for hydroxylation is 1. The van der Waals surface area contributed by atoms with Crippen molar-refractivity contribution in [2.45, 2.75) is 62.8 Å². The van der Waals surface area contributed by atoms with E-state index in [0.29, 0.717) is 42.5 Å². The lowest BCUT2D eigenvalue weighted by Gasteiger charge is -2.31. The summed E-state index contributed by atoms with van der Waals surface area (Å²) in [5.74, 6) is 0.396. The van der Waals surface area contributed by atoms with E-state index in [0.717, 1.165) is 18.4 Å². The van der Waals surface area contributed by atoms with Gasteiger partial charge in [-0.3, -0.25) is 14.9 Å². The molecular formula is C23H30N4O3S. The lowest BCUT2D eigenvalue weighted by Crippen LogP contribution is -2.38. The van der Waals surface area contributed by atoms with Crippen molar-refractivity contribution in [3.8, 4) is 0 Å². The summed E-state index contributed by atoms with van der Waals surface area (Å²) in [7, 11) is 1.89. The SMILES string of the molecule is CN(C(=O)c1ccc2c(c1)nc(NC(=O)C1CC=CS1)n2CCCO)C1CCCCC1. The van der Waals surface area contributed by atoms with Gasteiger partial charge in [-0.1, -0.05) is 25.3 Å². The molecule has 2 heterocycles. The number of aromatic nitrogens is 2. The fourth-order valence-corrected chi connectivity index (χ4v) is 5.21. The standard InChI is InChI=1S/C23H30N4O3S/c1-26(17-7-3-2-4-8-17)22(30)16-10-11-19-18(15-16)24-23(27(19)12-6-13-28)25-21(29)20-9-5-14-31-20/h5,10-11,14-15,17,20,28H,2-4,6-9,12-13H2,1H3,(H,24,25,29). The Morgan fingerprint density at radius 1 is 1.29 bits per heavy atom. The molecule has 1 saturated carbocycles. The fraction of sp³-hybridized carbons (Fsp3) is 0.522. The highest BCUT2D eigenvalue weighted by Crippen LogP contribution is 2.28. The molecule has 1 unspecified atom stereocenters. The lowest BCUT2D eigenvalue weighted by atomic mass is 9.94. The smallest absolute Gasteiger partial charge is 0.253 e. The summed E-state index contributed by atoms with van der Waals surface area (Å²) in [6.07, 6.45) is 8.97. The lowest BCUT2D eigenvalue weighted by molar-refractivity contribution is -0.115. The van der Waals surface area contributed by atoms with Crippen LogP contribution in [0.15, 0.2) is 29.7 Å². The van der Waals surface area contributed by atoms with Crippen LogP contribution in [0.2, 0.25) is 0 Å². The number of hydrogen-bond acceptors (Lipinski definition) is 5. The van der Waals surface area contributed by atoms with Crippen LogP contribution in [0.3, 0.4) is 0 Å². The van der Waals surface area contributed by atoms with Crippen LogP contribution in [-0.2, 0) is 11.3 Å². The average Bonchev–Trinajstić information content (AvgIpc) is 3.45. The molecule has 4 rings (SSSR count). The molecule has 31 heavy (non-hydrogen) atoms. The van der Waals surface area contributed by atoms with Gasteiger partial charge in [-0.25, -0.2) is 4.98 Å². The zero-order chi connectivity index (χ0) is 21.8. The maximum absolute atomic E-state index is 13.1. The quantitative estimate of drug-likeness (QED) is 0.681. The van der Waals surface area contributed by atoms with E-state index in [2.05, 4.69) is 10.3 Å². The maximum Gasteiger partial charge on any atom is 0.253 e. The molecule has 1 aliphatic heterocycles. The highest BCUT2D eigenvalue weighted by molar-refractivity contribution is 8.03. The molecule has 8 heteroatoms.